The molecular weight excluding hydrogens is 336 g/mol. The summed E-state index contributed by atoms with van der Waals surface area (Å²) in [5, 5.41) is 8.00. The zero-order valence-electron chi connectivity index (χ0n) is 13.2. The molecule has 1 aliphatic heterocycles. The predicted molar refractivity (Wildman–Crippen MR) is 96.9 cm³/mol. The number of rotatable bonds is 4. The molecule has 3 aromatic rings. The van der Waals surface area contributed by atoms with Gasteiger partial charge in [-0.05, 0) is 29.0 Å². The molecule has 0 fully saturated rings. The van der Waals surface area contributed by atoms with Crippen LogP contribution in [0.2, 0.25) is 0 Å². The minimum atomic E-state index is -0.349. The van der Waals surface area contributed by atoms with E-state index in [1.165, 1.54) is 11.3 Å². The number of nitrogens with zero attached hydrogens (tertiary/aromatic N) is 1. The van der Waals surface area contributed by atoms with Crippen molar-refractivity contribution in [1.29, 1.82) is 0 Å². The van der Waals surface area contributed by atoms with Crippen LogP contribution in [0.1, 0.15) is 27.1 Å². The van der Waals surface area contributed by atoms with Crippen LogP contribution in [-0.4, -0.2) is 29.2 Å². The summed E-state index contributed by atoms with van der Waals surface area (Å²) in [6.45, 7) is 0.0539. The smallest absolute Gasteiger partial charge is 0.261 e. The van der Waals surface area contributed by atoms with Gasteiger partial charge >= 0.3 is 0 Å². The van der Waals surface area contributed by atoms with Gasteiger partial charge in [0, 0.05) is 34.9 Å². The van der Waals surface area contributed by atoms with Gasteiger partial charge in [-0.3, -0.25) is 19.3 Å². The third-order valence-corrected chi connectivity index (χ3v) is 4.91. The number of thiophene rings is 1. The maximum Gasteiger partial charge on any atom is 0.261 e. The van der Waals surface area contributed by atoms with Crippen LogP contribution in [0.15, 0.2) is 53.2 Å². The fourth-order valence-electron chi connectivity index (χ4n) is 3.06. The molecule has 4 rings (SSSR count). The molecule has 2 heterocycles. The summed E-state index contributed by atoms with van der Waals surface area (Å²) in [6.07, 6.45) is 0.0610. The first-order chi connectivity index (χ1) is 12.1. The second-order valence-electron chi connectivity index (χ2n) is 5.78. The molecule has 0 aliphatic carbocycles. The molecule has 0 radical (unpaired) electrons. The summed E-state index contributed by atoms with van der Waals surface area (Å²) in [7, 11) is 0. The summed E-state index contributed by atoms with van der Waals surface area (Å²) in [5.41, 5.74) is 1.73. The van der Waals surface area contributed by atoms with Crippen LogP contribution >= 0.6 is 11.3 Å². The van der Waals surface area contributed by atoms with Gasteiger partial charge in [0.25, 0.3) is 11.8 Å². The quantitative estimate of drug-likeness (QED) is 0.732. The van der Waals surface area contributed by atoms with Gasteiger partial charge in [-0.2, -0.15) is 11.3 Å². The number of hydrogen-bond acceptors (Lipinski definition) is 4. The van der Waals surface area contributed by atoms with Gasteiger partial charge in [0.15, 0.2) is 0 Å². The lowest BCUT2D eigenvalue weighted by atomic mass is 9.94. The average molecular weight is 350 g/mol. The second-order valence-corrected chi connectivity index (χ2v) is 6.56. The van der Waals surface area contributed by atoms with Crippen molar-refractivity contribution in [3.05, 3.63) is 64.4 Å². The highest BCUT2D eigenvalue weighted by Gasteiger charge is 2.32. The standard InChI is InChI=1S/C19H14N2O3S/c22-16(20-13-8-10-25-11-13)7-9-21-18(23)14-5-1-3-12-4-2-6-15(17(12)14)19(21)24/h1-6,8,10-11H,7,9H2,(H,20,22). The Morgan fingerprint density at radius 3 is 2.28 bits per heavy atom. The summed E-state index contributed by atoms with van der Waals surface area (Å²) >= 11 is 1.48. The number of nitrogens with one attached hydrogen (secondary N) is 1. The molecule has 0 unspecified atom stereocenters. The molecule has 0 saturated heterocycles. The van der Waals surface area contributed by atoms with Crippen LogP contribution in [-0.2, 0) is 4.79 Å². The molecule has 124 valence electrons. The first-order valence-electron chi connectivity index (χ1n) is 7.85. The largest absolute Gasteiger partial charge is 0.325 e. The third-order valence-electron chi connectivity index (χ3n) is 4.22. The van der Waals surface area contributed by atoms with Gasteiger partial charge in [-0.15, -0.1) is 0 Å². The molecule has 1 aromatic heterocycles. The molecule has 6 heteroatoms. The van der Waals surface area contributed by atoms with Crippen molar-refractivity contribution in [2.24, 2.45) is 0 Å². The van der Waals surface area contributed by atoms with Crippen molar-refractivity contribution in [2.75, 3.05) is 11.9 Å². The van der Waals surface area contributed by atoms with E-state index >= 15 is 0 Å². The second kappa shape index (κ2) is 6.14. The van der Waals surface area contributed by atoms with Crippen LogP contribution in [0.5, 0.6) is 0 Å². The first kappa shape index (κ1) is 15.5. The maximum absolute atomic E-state index is 12.7. The number of carbonyl (C=O) groups excluding carboxylic acids is 3. The number of imide groups is 1. The number of carbonyl (C=O) groups is 3. The fraction of sp³-hybridized carbons (Fsp3) is 0.105. The first-order valence-corrected chi connectivity index (χ1v) is 8.79. The van der Waals surface area contributed by atoms with Crippen molar-refractivity contribution >= 4 is 45.5 Å². The fourth-order valence-corrected chi connectivity index (χ4v) is 3.64. The van der Waals surface area contributed by atoms with E-state index < -0.39 is 0 Å². The minimum absolute atomic E-state index is 0.0539. The molecule has 1 aliphatic rings. The van der Waals surface area contributed by atoms with Gasteiger partial charge in [-0.25, -0.2) is 0 Å². The number of anilines is 1. The monoisotopic (exact) mass is 350 g/mol. The van der Waals surface area contributed by atoms with Crippen molar-refractivity contribution < 1.29 is 14.4 Å². The number of amides is 3. The minimum Gasteiger partial charge on any atom is -0.325 e. The van der Waals surface area contributed by atoms with Crippen LogP contribution in [0.3, 0.4) is 0 Å². The maximum atomic E-state index is 12.7. The molecule has 2 aromatic carbocycles. The van der Waals surface area contributed by atoms with Crippen molar-refractivity contribution in [1.82, 2.24) is 4.90 Å². The Morgan fingerprint density at radius 1 is 1.00 bits per heavy atom. The van der Waals surface area contributed by atoms with Gasteiger partial charge in [0.2, 0.25) is 5.91 Å². The van der Waals surface area contributed by atoms with E-state index in [1.807, 2.05) is 22.9 Å². The van der Waals surface area contributed by atoms with Crippen LogP contribution in [0.4, 0.5) is 5.69 Å². The molecular formula is C19H14N2O3S. The van der Waals surface area contributed by atoms with E-state index in [-0.39, 0.29) is 30.7 Å². The zero-order valence-corrected chi connectivity index (χ0v) is 14.0. The third kappa shape index (κ3) is 2.70. The van der Waals surface area contributed by atoms with E-state index in [0.717, 1.165) is 16.0 Å². The molecule has 0 bridgehead atoms. The van der Waals surface area contributed by atoms with E-state index in [9.17, 15) is 14.4 Å². The van der Waals surface area contributed by atoms with Crippen molar-refractivity contribution in [3.8, 4) is 0 Å². The lowest BCUT2D eigenvalue weighted by Crippen LogP contribution is -2.41. The van der Waals surface area contributed by atoms with Crippen molar-refractivity contribution in [2.45, 2.75) is 6.42 Å². The van der Waals surface area contributed by atoms with E-state index in [2.05, 4.69) is 5.32 Å². The summed E-state index contributed by atoms with van der Waals surface area (Å²) in [5.74, 6) is -0.925. The molecule has 5 nitrogen and oxygen atoms in total. The van der Waals surface area contributed by atoms with Crippen LogP contribution in [0, 0.1) is 0 Å². The Labute approximate surface area is 147 Å². The summed E-state index contributed by atoms with van der Waals surface area (Å²) in [4.78, 5) is 38.6. The van der Waals surface area contributed by atoms with E-state index in [0.29, 0.717) is 16.5 Å². The topological polar surface area (TPSA) is 66.5 Å². The SMILES string of the molecule is O=C(CCN1C(=O)c2cccc3cccc(c23)C1=O)Nc1ccsc1. The normalized spacial score (nSPS) is 13.4. The highest BCUT2D eigenvalue weighted by Crippen LogP contribution is 2.29. The highest BCUT2D eigenvalue weighted by atomic mass is 32.1. The summed E-state index contributed by atoms with van der Waals surface area (Å²) < 4.78 is 0. The Bertz CT molecular complexity index is 944. The van der Waals surface area contributed by atoms with Gasteiger partial charge in [0.1, 0.15) is 0 Å². The molecule has 0 atom stereocenters. The molecule has 0 saturated carbocycles. The van der Waals surface area contributed by atoms with Crippen molar-refractivity contribution in [3.63, 3.8) is 0 Å². The summed E-state index contributed by atoms with van der Waals surface area (Å²) in [6, 6.07) is 12.6. The Morgan fingerprint density at radius 2 is 1.68 bits per heavy atom. The molecule has 0 spiro atoms. The lowest BCUT2D eigenvalue weighted by molar-refractivity contribution is -0.116. The predicted octanol–water partition coefficient (Wildman–Crippen LogP) is 3.53. The zero-order chi connectivity index (χ0) is 17.4. The number of benzene rings is 2. The molecule has 1 N–H and O–H groups in total. The van der Waals surface area contributed by atoms with Gasteiger partial charge in [0.05, 0.1) is 5.69 Å². The van der Waals surface area contributed by atoms with Crippen LogP contribution in [0.25, 0.3) is 10.8 Å². The Kier molecular flexibility index (Phi) is 3.82. The lowest BCUT2D eigenvalue weighted by Gasteiger charge is -2.26. The van der Waals surface area contributed by atoms with E-state index in [4.69, 9.17) is 0 Å². The number of hydrogen-bond donors (Lipinski definition) is 1. The molecule has 3 amide bonds. The van der Waals surface area contributed by atoms with E-state index in [1.54, 1.807) is 30.3 Å². The highest BCUT2D eigenvalue weighted by molar-refractivity contribution is 7.08. The molecule has 25 heavy (non-hydrogen) atoms. The average Bonchev–Trinajstić information content (AvgIpc) is 3.12. The van der Waals surface area contributed by atoms with Gasteiger partial charge < -0.3 is 5.32 Å². The van der Waals surface area contributed by atoms with Crippen LogP contribution < -0.4 is 5.32 Å². The Hall–Kier alpha value is -2.99. The van der Waals surface area contributed by atoms with Gasteiger partial charge in [-0.1, -0.05) is 24.3 Å². The Balaban J connectivity index is 1.57.